The lowest BCUT2D eigenvalue weighted by atomic mass is 10.2. The molecule has 0 atom stereocenters. The van der Waals surface area contributed by atoms with Crippen molar-refractivity contribution in [2.24, 2.45) is 4.99 Å². The lowest BCUT2D eigenvalue weighted by Crippen LogP contribution is -2.46. The van der Waals surface area contributed by atoms with Gasteiger partial charge in [0, 0.05) is 5.69 Å². The van der Waals surface area contributed by atoms with Crippen molar-refractivity contribution < 1.29 is 4.79 Å². The summed E-state index contributed by atoms with van der Waals surface area (Å²) in [6, 6.07) is 20.0. The van der Waals surface area contributed by atoms with Gasteiger partial charge in [0.25, 0.3) is 5.91 Å². The molecule has 0 aromatic heterocycles. The molecule has 0 unspecified atom stereocenters. The Balaban J connectivity index is 1.57. The van der Waals surface area contributed by atoms with Crippen LogP contribution in [0.3, 0.4) is 0 Å². The number of carbonyl (C=O) groups is 1. The third kappa shape index (κ3) is 2.75. The van der Waals surface area contributed by atoms with Gasteiger partial charge in [-0.2, -0.15) is 0 Å². The van der Waals surface area contributed by atoms with E-state index in [0.717, 1.165) is 22.3 Å². The second-order valence-electron chi connectivity index (χ2n) is 5.36. The highest BCUT2D eigenvalue weighted by atomic mass is 32.2. The van der Waals surface area contributed by atoms with Crippen LogP contribution in [0.5, 0.6) is 0 Å². The number of anilines is 1. The Kier molecular flexibility index (Phi) is 3.63. The van der Waals surface area contributed by atoms with E-state index in [4.69, 9.17) is 0 Å². The number of aliphatic imine (C=N–C) groups is 1. The molecule has 2 heterocycles. The summed E-state index contributed by atoms with van der Waals surface area (Å²) >= 11 is 1.59. The zero-order valence-corrected chi connectivity index (χ0v) is 13.2. The van der Waals surface area contributed by atoms with Crippen LogP contribution in [0.15, 0.2) is 71.4 Å². The zero-order chi connectivity index (χ0) is 15.6. The first-order valence-corrected chi connectivity index (χ1v) is 8.40. The van der Waals surface area contributed by atoms with Crippen LogP contribution >= 0.6 is 11.8 Å². The van der Waals surface area contributed by atoms with Crippen molar-refractivity contribution in [1.82, 2.24) is 4.90 Å². The maximum Gasteiger partial charge on any atom is 0.280 e. The van der Waals surface area contributed by atoms with E-state index in [0.29, 0.717) is 12.4 Å². The largest absolute Gasteiger partial charge is 0.343 e. The summed E-state index contributed by atoms with van der Waals surface area (Å²) in [5.74, 6) is 0.766. The van der Waals surface area contributed by atoms with Gasteiger partial charge >= 0.3 is 0 Å². The minimum atomic E-state index is -0.0306. The van der Waals surface area contributed by atoms with E-state index in [1.807, 2.05) is 54.6 Å². The molecule has 23 heavy (non-hydrogen) atoms. The van der Waals surface area contributed by atoms with E-state index in [-0.39, 0.29) is 5.91 Å². The van der Waals surface area contributed by atoms with Gasteiger partial charge in [-0.15, -0.1) is 0 Å². The van der Waals surface area contributed by atoms with Crippen LogP contribution in [0.25, 0.3) is 6.08 Å². The molecular formula is C18H15N3OS. The molecule has 2 aliphatic heterocycles. The standard InChI is InChI=1S/C18H15N3OS/c22-17-16(11-14-7-3-1-4-8-14)19-18-21(17)12-20(13-23-18)15-9-5-2-6-10-15/h1-11H,12-13H2/b16-11-. The molecule has 2 aromatic rings. The lowest BCUT2D eigenvalue weighted by molar-refractivity contribution is -0.122. The molecule has 0 bridgehead atoms. The summed E-state index contributed by atoms with van der Waals surface area (Å²) in [4.78, 5) is 21.0. The second-order valence-corrected chi connectivity index (χ2v) is 6.27. The van der Waals surface area contributed by atoms with Gasteiger partial charge in [-0.1, -0.05) is 60.3 Å². The van der Waals surface area contributed by atoms with E-state index in [1.54, 1.807) is 16.7 Å². The molecule has 0 radical (unpaired) electrons. The van der Waals surface area contributed by atoms with Crippen molar-refractivity contribution >= 4 is 34.6 Å². The van der Waals surface area contributed by atoms with E-state index in [2.05, 4.69) is 22.0 Å². The Hall–Kier alpha value is -2.53. The van der Waals surface area contributed by atoms with Gasteiger partial charge in [0.1, 0.15) is 12.4 Å². The second kappa shape index (κ2) is 5.93. The normalized spacial score (nSPS) is 19.0. The third-order valence-electron chi connectivity index (χ3n) is 3.80. The first-order chi connectivity index (χ1) is 11.3. The van der Waals surface area contributed by atoms with Crippen LogP contribution in [0.2, 0.25) is 0 Å². The van der Waals surface area contributed by atoms with Crippen LogP contribution in [-0.2, 0) is 4.79 Å². The number of hydrogen-bond donors (Lipinski definition) is 0. The number of amides is 1. The van der Waals surface area contributed by atoms with Crippen LogP contribution in [-0.4, -0.2) is 28.5 Å². The molecule has 1 amide bonds. The smallest absolute Gasteiger partial charge is 0.280 e. The minimum Gasteiger partial charge on any atom is -0.343 e. The number of thioether (sulfide) groups is 1. The Bertz CT molecular complexity index is 786. The highest BCUT2D eigenvalue weighted by molar-refractivity contribution is 8.14. The summed E-state index contributed by atoms with van der Waals surface area (Å²) in [6.45, 7) is 0.542. The topological polar surface area (TPSA) is 35.9 Å². The Labute approximate surface area is 139 Å². The molecule has 1 saturated heterocycles. The predicted octanol–water partition coefficient (Wildman–Crippen LogP) is 3.39. The van der Waals surface area contributed by atoms with Crippen molar-refractivity contribution in [3.63, 3.8) is 0 Å². The SMILES string of the molecule is O=C1/C(=C/c2ccccc2)N=C2SCN(c3ccccc3)CN12. The van der Waals surface area contributed by atoms with Gasteiger partial charge < -0.3 is 4.90 Å². The molecule has 0 N–H and O–H groups in total. The van der Waals surface area contributed by atoms with E-state index < -0.39 is 0 Å². The van der Waals surface area contributed by atoms with Gasteiger partial charge in [-0.3, -0.25) is 9.69 Å². The average molecular weight is 321 g/mol. The monoisotopic (exact) mass is 321 g/mol. The number of benzene rings is 2. The molecule has 0 spiro atoms. The van der Waals surface area contributed by atoms with Crippen LogP contribution in [0.4, 0.5) is 5.69 Å². The fraction of sp³-hybridized carbons (Fsp3) is 0.111. The van der Waals surface area contributed by atoms with Gasteiger partial charge in [-0.25, -0.2) is 4.99 Å². The highest BCUT2D eigenvalue weighted by Gasteiger charge is 2.35. The first kappa shape index (κ1) is 14.1. The van der Waals surface area contributed by atoms with Gasteiger partial charge in [0.05, 0.1) is 5.88 Å². The third-order valence-corrected chi connectivity index (χ3v) is 4.81. The molecule has 2 aliphatic rings. The molecule has 0 saturated carbocycles. The first-order valence-electron chi connectivity index (χ1n) is 7.41. The molecular weight excluding hydrogens is 306 g/mol. The summed E-state index contributed by atoms with van der Waals surface area (Å²) in [5.41, 5.74) is 2.62. The predicted molar refractivity (Wildman–Crippen MR) is 94.9 cm³/mol. The van der Waals surface area contributed by atoms with E-state index in [1.165, 1.54) is 0 Å². The van der Waals surface area contributed by atoms with E-state index in [9.17, 15) is 4.79 Å². The van der Waals surface area contributed by atoms with Crippen LogP contribution in [0.1, 0.15) is 5.56 Å². The molecule has 1 fully saturated rings. The summed E-state index contributed by atoms with van der Waals surface area (Å²) in [6.07, 6.45) is 1.85. The maximum absolute atomic E-state index is 12.6. The average Bonchev–Trinajstić information content (AvgIpc) is 2.92. The van der Waals surface area contributed by atoms with Crippen LogP contribution < -0.4 is 4.90 Å². The number of fused-ring (bicyclic) bond motifs is 1. The van der Waals surface area contributed by atoms with Crippen molar-refractivity contribution in [1.29, 1.82) is 0 Å². The number of nitrogens with zero attached hydrogens (tertiary/aromatic N) is 3. The zero-order valence-electron chi connectivity index (χ0n) is 12.4. The quantitative estimate of drug-likeness (QED) is 0.796. The fourth-order valence-electron chi connectivity index (χ4n) is 2.61. The molecule has 4 nitrogen and oxygen atoms in total. The van der Waals surface area contributed by atoms with Gasteiger partial charge in [-0.05, 0) is 23.8 Å². The summed E-state index contributed by atoms with van der Waals surface area (Å²) in [7, 11) is 0. The maximum atomic E-state index is 12.6. The molecule has 114 valence electrons. The molecule has 2 aromatic carbocycles. The number of carbonyl (C=O) groups excluding carboxylic acids is 1. The fourth-order valence-corrected chi connectivity index (χ4v) is 3.58. The minimum absolute atomic E-state index is 0.0306. The molecule has 5 heteroatoms. The Morgan fingerprint density at radius 1 is 1.00 bits per heavy atom. The van der Waals surface area contributed by atoms with Crippen molar-refractivity contribution in [2.45, 2.75) is 0 Å². The van der Waals surface area contributed by atoms with Crippen LogP contribution in [0, 0.1) is 0 Å². The van der Waals surface area contributed by atoms with Crippen molar-refractivity contribution in [2.75, 3.05) is 17.4 Å². The van der Waals surface area contributed by atoms with Crippen molar-refractivity contribution in [3.8, 4) is 0 Å². The summed E-state index contributed by atoms with van der Waals surface area (Å²) in [5, 5.41) is 0.796. The Morgan fingerprint density at radius 2 is 1.70 bits per heavy atom. The molecule has 4 rings (SSSR count). The van der Waals surface area contributed by atoms with Gasteiger partial charge in [0.15, 0.2) is 5.17 Å². The number of rotatable bonds is 2. The highest BCUT2D eigenvalue weighted by Crippen LogP contribution is 2.30. The van der Waals surface area contributed by atoms with E-state index >= 15 is 0 Å². The Morgan fingerprint density at radius 3 is 2.43 bits per heavy atom. The number of para-hydroxylation sites is 1. The number of amidine groups is 1. The molecule has 0 aliphatic carbocycles. The summed E-state index contributed by atoms with van der Waals surface area (Å²) < 4.78 is 0. The number of hydrogen-bond acceptors (Lipinski definition) is 4. The van der Waals surface area contributed by atoms with Gasteiger partial charge in [0.2, 0.25) is 0 Å². The van der Waals surface area contributed by atoms with Crippen molar-refractivity contribution in [3.05, 3.63) is 71.9 Å². The lowest BCUT2D eigenvalue weighted by Gasteiger charge is -2.34.